The minimum absolute atomic E-state index is 0.230. The molecule has 0 amide bonds. The van der Waals surface area contributed by atoms with Crippen molar-refractivity contribution >= 4 is 5.97 Å². The van der Waals surface area contributed by atoms with Crippen molar-refractivity contribution in [2.75, 3.05) is 0 Å². The van der Waals surface area contributed by atoms with E-state index in [1.54, 1.807) is 0 Å². The lowest BCUT2D eigenvalue weighted by molar-refractivity contribution is 0.0693. The van der Waals surface area contributed by atoms with Gasteiger partial charge in [-0.2, -0.15) is 0 Å². The Labute approximate surface area is 88.3 Å². The van der Waals surface area contributed by atoms with Crippen molar-refractivity contribution in [3.05, 3.63) is 17.5 Å². The molecule has 4 heteroatoms. The largest absolute Gasteiger partial charge is 0.478 e. The molecule has 0 saturated heterocycles. The lowest BCUT2D eigenvalue weighted by Crippen LogP contribution is -2.17. The SMILES string of the molecule is CC1CCCCC1c1nocc1C(=O)O. The fourth-order valence-corrected chi connectivity index (χ4v) is 2.40. The van der Waals surface area contributed by atoms with Gasteiger partial charge >= 0.3 is 5.97 Å². The Morgan fingerprint density at radius 3 is 2.93 bits per heavy atom. The number of hydrogen-bond donors (Lipinski definition) is 1. The number of rotatable bonds is 2. The number of hydrogen-bond acceptors (Lipinski definition) is 3. The third-order valence-corrected chi connectivity index (χ3v) is 3.29. The standard InChI is InChI=1S/C11H15NO3/c1-7-4-2-3-5-8(7)10-9(11(13)14)6-15-12-10/h6-8H,2-5H2,1H3,(H,13,14). The molecule has 1 saturated carbocycles. The number of carboxylic acid groups (broad SMARTS) is 1. The highest BCUT2D eigenvalue weighted by Crippen LogP contribution is 2.37. The fraction of sp³-hybridized carbons (Fsp3) is 0.636. The van der Waals surface area contributed by atoms with Crippen LogP contribution in [-0.4, -0.2) is 16.2 Å². The third kappa shape index (κ3) is 1.89. The van der Waals surface area contributed by atoms with E-state index in [1.807, 2.05) is 0 Å². The molecule has 0 spiro atoms. The summed E-state index contributed by atoms with van der Waals surface area (Å²) < 4.78 is 4.78. The average Bonchev–Trinajstić information content (AvgIpc) is 2.67. The maximum absolute atomic E-state index is 10.9. The zero-order valence-electron chi connectivity index (χ0n) is 8.77. The second-order valence-corrected chi connectivity index (χ2v) is 4.29. The Morgan fingerprint density at radius 1 is 1.53 bits per heavy atom. The molecule has 0 radical (unpaired) electrons. The van der Waals surface area contributed by atoms with E-state index >= 15 is 0 Å². The van der Waals surface area contributed by atoms with Gasteiger partial charge < -0.3 is 9.63 Å². The van der Waals surface area contributed by atoms with E-state index in [4.69, 9.17) is 9.63 Å². The van der Waals surface area contributed by atoms with E-state index in [-0.39, 0.29) is 11.5 Å². The van der Waals surface area contributed by atoms with Gasteiger partial charge in [-0.1, -0.05) is 31.3 Å². The molecule has 2 atom stereocenters. The highest BCUT2D eigenvalue weighted by atomic mass is 16.5. The number of carboxylic acids is 1. The van der Waals surface area contributed by atoms with Crippen LogP contribution in [0, 0.1) is 5.92 Å². The Bertz CT molecular complexity index is 358. The van der Waals surface area contributed by atoms with Crippen molar-refractivity contribution in [1.29, 1.82) is 0 Å². The molecule has 1 fully saturated rings. The Morgan fingerprint density at radius 2 is 2.27 bits per heavy atom. The molecule has 1 N–H and O–H groups in total. The van der Waals surface area contributed by atoms with Crippen LogP contribution in [0.1, 0.15) is 54.6 Å². The van der Waals surface area contributed by atoms with Gasteiger partial charge in [-0.15, -0.1) is 0 Å². The molecule has 1 aromatic rings. The van der Waals surface area contributed by atoms with Crippen molar-refractivity contribution in [3.63, 3.8) is 0 Å². The summed E-state index contributed by atoms with van der Waals surface area (Å²) in [5, 5.41) is 12.8. The van der Waals surface area contributed by atoms with E-state index in [0.29, 0.717) is 11.6 Å². The molecule has 0 aliphatic heterocycles. The van der Waals surface area contributed by atoms with Crippen LogP contribution in [-0.2, 0) is 0 Å². The van der Waals surface area contributed by atoms with E-state index in [9.17, 15) is 4.79 Å². The number of nitrogens with zero attached hydrogens (tertiary/aromatic N) is 1. The van der Waals surface area contributed by atoms with Gasteiger partial charge in [0.05, 0.1) is 0 Å². The molecule has 1 aliphatic carbocycles. The number of carbonyl (C=O) groups is 1. The smallest absolute Gasteiger partial charge is 0.340 e. The van der Waals surface area contributed by atoms with Crippen LogP contribution in [0.4, 0.5) is 0 Å². The first-order chi connectivity index (χ1) is 7.20. The van der Waals surface area contributed by atoms with Gasteiger partial charge in [0.1, 0.15) is 17.5 Å². The molecular weight excluding hydrogens is 194 g/mol. The number of aromatic nitrogens is 1. The third-order valence-electron chi connectivity index (χ3n) is 3.29. The summed E-state index contributed by atoms with van der Waals surface area (Å²) >= 11 is 0. The second-order valence-electron chi connectivity index (χ2n) is 4.29. The Hall–Kier alpha value is -1.32. The first kappa shape index (κ1) is 10.2. The fourth-order valence-electron chi connectivity index (χ4n) is 2.40. The Balaban J connectivity index is 2.27. The minimum Gasteiger partial charge on any atom is -0.478 e. The predicted octanol–water partition coefficient (Wildman–Crippen LogP) is 2.67. The molecule has 0 aromatic carbocycles. The monoisotopic (exact) mass is 209 g/mol. The van der Waals surface area contributed by atoms with Crippen LogP contribution in [0.5, 0.6) is 0 Å². The van der Waals surface area contributed by atoms with Crippen LogP contribution in [0.2, 0.25) is 0 Å². The number of aromatic carboxylic acids is 1. The first-order valence-electron chi connectivity index (χ1n) is 5.37. The summed E-state index contributed by atoms with van der Waals surface area (Å²) in [7, 11) is 0. The predicted molar refractivity (Wildman–Crippen MR) is 53.8 cm³/mol. The van der Waals surface area contributed by atoms with Gasteiger partial charge in [-0.3, -0.25) is 0 Å². The summed E-state index contributed by atoms with van der Waals surface area (Å²) in [6, 6.07) is 0. The van der Waals surface area contributed by atoms with E-state index in [2.05, 4.69) is 12.1 Å². The zero-order valence-corrected chi connectivity index (χ0v) is 8.77. The van der Waals surface area contributed by atoms with Crippen LogP contribution in [0.15, 0.2) is 10.8 Å². The summed E-state index contributed by atoms with van der Waals surface area (Å²) in [4.78, 5) is 10.9. The molecule has 1 aliphatic rings. The van der Waals surface area contributed by atoms with Gasteiger partial charge in [-0.05, 0) is 12.3 Å². The van der Waals surface area contributed by atoms with Crippen LogP contribution in [0.25, 0.3) is 0 Å². The molecule has 2 rings (SSSR count). The zero-order chi connectivity index (χ0) is 10.8. The van der Waals surface area contributed by atoms with Crippen LogP contribution in [0.3, 0.4) is 0 Å². The molecule has 82 valence electrons. The van der Waals surface area contributed by atoms with E-state index < -0.39 is 5.97 Å². The molecule has 1 heterocycles. The normalized spacial score (nSPS) is 26.5. The van der Waals surface area contributed by atoms with Gasteiger partial charge in [-0.25, -0.2) is 4.79 Å². The molecule has 15 heavy (non-hydrogen) atoms. The van der Waals surface area contributed by atoms with E-state index in [1.165, 1.54) is 12.7 Å². The Kier molecular flexibility index (Phi) is 2.75. The van der Waals surface area contributed by atoms with Gasteiger partial charge in [0, 0.05) is 5.92 Å². The van der Waals surface area contributed by atoms with Crippen molar-refractivity contribution < 1.29 is 14.4 Å². The van der Waals surface area contributed by atoms with Crippen molar-refractivity contribution in [2.24, 2.45) is 5.92 Å². The van der Waals surface area contributed by atoms with Gasteiger partial charge in [0.2, 0.25) is 0 Å². The molecule has 2 unspecified atom stereocenters. The maximum atomic E-state index is 10.9. The summed E-state index contributed by atoms with van der Waals surface area (Å²) in [6.07, 6.45) is 5.79. The molecule has 0 bridgehead atoms. The summed E-state index contributed by atoms with van der Waals surface area (Å²) in [5.74, 6) is -0.186. The average molecular weight is 209 g/mol. The highest BCUT2D eigenvalue weighted by molar-refractivity contribution is 5.88. The maximum Gasteiger partial charge on any atom is 0.340 e. The van der Waals surface area contributed by atoms with Gasteiger partial charge in [0.25, 0.3) is 0 Å². The van der Waals surface area contributed by atoms with Crippen molar-refractivity contribution in [1.82, 2.24) is 5.16 Å². The van der Waals surface area contributed by atoms with E-state index in [0.717, 1.165) is 19.3 Å². The molecule has 1 aromatic heterocycles. The summed E-state index contributed by atoms with van der Waals surface area (Å²) in [5.41, 5.74) is 0.864. The topological polar surface area (TPSA) is 63.3 Å². The lowest BCUT2D eigenvalue weighted by atomic mass is 9.78. The van der Waals surface area contributed by atoms with Gasteiger partial charge in [0.15, 0.2) is 0 Å². The molecular formula is C11H15NO3. The van der Waals surface area contributed by atoms with Crippen LogP contribution < -0.4 is 0 Å². The second kappa shape index (κ2) is 4.04. The van der Waals surface area contributed by atoms with Crippen LogP contribution >= 0.6 is 0 Å². The lowest BCUT2D eigenvalue weighted by Gasteiger charge is -2.27. The van der Waals surface area contributed by atoms with Crippen molar-refractivity contribution in [3.8, 4) is 0 Å². The first-order valence-corrected chi connectivity index (χ1v) is 5.37. The highest BCUT2D eigenvalue weighted by Gasteiger charge is 2.29. The molecule has 4 nitrogen and oxygen atoms in total. The minimum atomic E-state index is -0.941. The quantitative estimate of drug-likeness (QED) is 0.813. The van der Waals surface area contributed by atoms with Crippen molar-refractivity contribution in [2.45, 2.75) is 38.5 Å². The summed E-state index contributed by atoms with van der Waals surface area (Å²) in [6.45, 7) is 2.16.